The minimum absolute atomic E-state index is 0.236. The molecule has 0 aliphatic carbocycles. The van der Waals surface area contributed by atoms with Gasteiger partial charge >= 0.3 is 0 Å². The lowest BCUT2D eigenvalue weighted by Gasteiger charge is -2.12. The predicted octanol–water partition coefficient (Wildman–Crippen LogP) is 3.68. The van der Waals surface area contributed by atoms with Gasteiger partial charge in [0.15, 0.2) is 11.5 Å². The van der Waals surface area contributed by atoms with E-state index >= 15 is 0 Å². The number of hydrogen-bond acceptors (Lipinski definition) is 3. The minimum atomic E-state index is -0.448. The molecule has 0 spiro atoms. The van der Waals surface area contributed by atoms with Crippen LogP contribution in [-0.2, 0) is 13.0 Å². The third-order valence-electron chi connectivity index (χ3n) is 2.98. The van der Waals surface area contributed by atoms with Gasteiger partial charge in [-0.15, -0.1) is 0 Å². The fourth-order valence-electron chi connectivity index (χ4n) is 1.91. The second kappa shape index (κ2) is 6.39. The molecular formula is C16H17FO3. The molecule has 0 saturated carbocycles. The molecule has 0 atom stereocenters. The fourth-order valence-corrected chi connectivity index (χ4v) is 1.91. The van der Waals surface area contributed by atoms with E-state index in [9.17, 15) is 4.39 Å². The monoisotopic (exact) mass is 276 g/mol. The Bertz CT molecular complexity index is 596. The van der Waals surface area contributed by atoms with Gasteiger partial charge in [-0.1, -0.05) is 13.0 Å². The average molecular weight is 276 g/mol. The highest BCUT2D eigenvalue weighted by atomic mass is 19.1. The lowest BCUT2D eigenvalue weighted by atomic mass is 10.1. The fraction of sp³-hybridized carbons (Fsp3) is 0.250. The molecule has 0 aromatic heterocycles. The smallest absolute Gasteiger partial charge is 0.169 e. The normalized spacial score (nSPS) is 10.4. The van der Waals surface area contributed by atoms with Crippen molar-refractivity contribution in [1.29, 1.82) is 0 Å². The number of benzene rings is 2. The summed E-state index contributed by atoms with van der Waals surface area (Å²) >= 11 is 0. The summed E-state index contributed by atoms with van der Waals surface area (Å²) in [6.07, 6.45) is 0.894. The van der Waals surface area contributed by atoms with Gasteiger partial charge in [-0.3, -0.25) is 0 Å². The van der Waals surface area contributed by atoms with Crippen molar-refractivity contribution in [2.24, 2.45) is 0 Å². The average Bonchev–Trinajstić information content (AvgIpc) is 2.47. The molecule has 2 aromatic rings. The number of halogens is 1. The van der Waals surface area contributed by atoms with Crippen molar-refractivity contribution in [3.8, 4) is 17.2 Å². The van der Waals surface area contributed by atoms with Crippen LogP contribution < -0.4 is 9.47 Å². The van der Waals surface area contributed by atoms with Crippen LogP contribution in [0, 0.1) is 5.82 Å². The number of ether oxygens (including phenoxy) is 2. The molecule has 2 aromatic carbocycles. The second-order valence-corrected chi connectivity index (χ2v) is 4.39. The lowest BCUT2D eigenvalue weighted by Crippen LogP contribution is -1.94. The van der Waals surface area contributed by atoms with Gasteiger partial charge < -0.3 is 14.6 Å². The van der Waals surface area contributed by atoms with Crippen LogP contribution in [-0.4, -0.2) is 12.2 Å². The maximum atomic E-state index is 13.4. The number of hydrogen-bond donors (Lipinski definition) is 1. The van der Waals surface area contributed by atoms with E-state index in [-0.39, 0.29) is 6.61 Å². The van der Waals surface area contributed by atoms with Crippen LogP contribution in [0.5, 0.6) is 17.2 Å². The van der Waals surface area contributed by atoms with Gasteiger partial charge in [0.2, 0.25) is 0 Å². The molecule has 20 heavy (non-hydrogen) atoms. The molecule has 0 saturated heterocycles. The van der Waals surface area contributed by atoms with Crippen LogP contribution in [0.15, 0.2) is 36.4 Å². The Hall–Kier alpha value is -2.07. The predicted molar refractivity (Wildman–Crippen MR) is 74.8 cm³/mol. The van der Waals surface area contributed by atoms with Gasteiger partial charge in [-0.05, 0) is 41.8 Å². The summed E-state index contributed by atoms with van der Waals surface area (Å²) in [5.74, 6) is 0.991. The van der Waals surface area contributed by atoms with Gasteiger partial charge in [-0.2, -0.15) is 0 Å². The number of methoxy groups -OCH3 is 1. The van der Waals surface area contributed by atoms with Crippen molar-refractivity contribution >= 4 is 0 Å². The summed E-state index contributed by atoms with van der Waals surface area (Å²) in [6.45, 7) is 1.81. The number of rotatable bonds is 5. The van der Waals surface area contributed by atoms with Gasteiger partial charge in [0.25, 0.3) is 0 Å². The molecule has 4 heteroatoms. The quantitative estimate of drug-likeness (QED) is 0.905. The Balaban J connectivity index is 2.31. The summed E-state index contributed by atoms with van der Waals surface area (Å²) in [4.78, 5) is 0. The van der Waals surface area contributed by atoms with E-state index in [0.29, 0.717) is 22.8 Å². The van der Waals surface area contributed by atoms with Crippen LogP contribution in [0.2, 0.25) is 0 Å². The lowest BCUT2D eigenvalue weighted by molar-refractivity contribution is 0.280. The first-order valence-electron chi connectivity index (χ1n) is 6.41. The zero-order chi connectivity index (χ0) is 14.5. The van der Waals surface area contributed by atoms with Crippen LogP contribution in [0.1, 0.15) is 18.1 Å². The molecule has 0 fully saturated rings. The molecule has 2 rings (SSSR count). The first-order chi connectivity index (χ1) is 9.66. The van der Waals surface area contributed by atoms with Crippen LogP contribution in [0.4, 0.5) is 4.39 Å². The van der Waals surface area contributed by atoms with Gasteiger partial charge in [0.1, 0.15) is 11.6 Å². The highest BCUT2D eigenvalue weighted by Crippen LogP contribution is 2.33. The van der Waals surface area contributed by atoms with Crippen molar-refractivity contribution in [2.45, 2.75) is 20.0 Å². The maximum Gasteiger partial charge on any atom is 0.169 e. The van der Waals surface area contributed by atoms with Gasteiger partial charge in [-0.25, -0.2) is 4.39 Å². The standard InChI is InChI=1S/C16H17FO3/c1-3-11-4-5-15(16(8-11)19-2)20-14-7-12(10-18)6-13(17)9-14/h4-9,18H,3,10H2,1-2H3. The van der Waals surface area contributed by atoms with E-state index in [1.165, 1.54) is 12.1 Å². The topological polar surface area (TPSA) is 38.7 Å². The van der Waals surface area contributed by atoms with Crippen LogP contribution in [0.25, 0.3) is 0 Å². The molecule has 0 amide bonds. The summed E-state index contributed by atoms with van der Waals surface area (Å²) in [5.41, 5.74) is 1.59. The van der Waals surface area contributed by atoms with Crippen LogP contribution in [0.3, 0.4) is 0 Å². The largest absolute Gasteiger partial charge is 0.493 e. The highest BCUT2D eigenvalue weighted by Gasteiger charge is 2.08. The van der Waals surface area contributed by atoms with Gasteiger partial charge in [0, 0.05) is 6.07 Å². The van der Waals surface area contributed by atoms with Crippen molar-refractivity contribution < 1.29 is 19.0 Å². The van der Waals surface area contributed by atoms with Gasteiger partial charge in [0.05, 0.1) is 13.7 Å². The van der Waals surface area contributed by atoms with E-state index in [1.54, 1.807) is 19.2 Å². The second-order valence-electron chi connectivity index (χ2n) is 4.39. The molecular weight excluding hydrogens is 259 g/mol. The summed E-state index contributed by atoms with van der Waals surface area (Å²) in [5, 5.41) is 9.07. The zero-order valence-corrected chi connectivity index (χ0v) is 11.5. The molecule has 0 unspecified atom stereocenters. The van der Waals surface area contributed by atoms with E-state index in [0.717, 1.165) is 12.0 Å². The first kappa shape index (κ1) is 14.3. The molecule has 0 aliphatic heterocycles. The summed E-state index contributed by atoms with van der Waals surface area (Å²) < 4.78 is 24.3. The van der Waals surface area contributed by atoms with Crippen molar-refractivity contribution in [2.75, 3.05) is 7.11 Å². The maximum absolute atomic E-state index is 13.4. The Morgan fingerprint density at radius 1 is 1.05 bits per heavy atom. The van der Waals surface area contributed by atoms with E-state index < -0.39 is 5.82 Å². The third-order valence-corrected chi connectivity index (χ3v) is 2.98. The summed E-state index contributed by atoms with van der Waals surface area (Å²) in [6, 6.07) is 9.75. The van der Waals surface area contributed by atoms with Crippen LogP contribution >= 0.6 is 0 Å². The van der Waals surface area contributed by atoms with E-state index in [2.05, 4.69) is 6.92 Å². The Morgan fingerprint density at radius 2 is 1.85 bits per heavy atom. The molecule has 106 valence electrons. The zero-order valence-electron chi connectivity index (χ0n) is 11.5. The molecule has 0 radical (unpaired) electrons. The van der Waals surface area contributed by atoms with E-state index in [1.807, 2.05) is 12.1 Å². The number of aliphatic hydroxyl groups is 1. The third kappa shape index (κ3) is 3.27. The number of aryl methyl sites for hydroxylation is 1. The first-order valence-corrected chi connectivity index (χ1v) is 6.41. The molecule has 0 bridgehead atoms. The molecule has 3 nitrogen and oxygen atoms in total. The Kier molecular flexibility index (Phi) is 4.58. The number of aliphatic hydroxyl groups excluding tert-OH is 1. The highest BCUT2D eigenvalue weighted by molar-refractivity contribution is 5.46. The Labute approximate surface area is 117 Å². The summed E-state index contributed by atoms with van der Waals surface area (Å²) in [7, 11) is 1.56. The van der Waals surface area contributed by atoms with Crippen molar-refractivity contribution in [1.82, 2.24) is 0 Å². The van der Waals surface area contributed by atoms with E-state index in [4.69, 9.17) is 14.6 Å². The molecule has 0 heterocycles. The van der Waals surface area contributed by atoms with Crippen molar-refractivity contribution in [3.05, 3.63) is 53.3 Å². The molecule has 1 N–H and O–H groups in total. The minimum Gasteiger partial charge on any atom is -0.493 e. The molecule has 0 aliphatic rings. The Morgan fingerprint density at radius 3 is 2.50 bits per heavy atom. The van der Waals surface area contributed by atoms with Crippen molar-refractivity contribution in [3.63, 3.8) is 0 Å². The SMILES string of the molecule is CCc1ccc(Oc2cc(F)cc(CO)c2)c(OC)c1.